The molecule has 0 aromatic carbocycles. The molecule has 0 atom stereocenters. The van der Waals surface area contributed by atoms with Gasteiger partial charge in [0.1, 0.15) is 0 Å². The maximum Gasteiger partial charge on any atom is 0.603 e. The minimum atomic E-state index is -0.292. The first kappa shape index (κ1) is 69.0. The Balaban J connectivity index is -0.0000000463. The molecular weight excluding hydrogens is 855 g/mol. The summed E-state index contributed by atoms with van der Waals surface area (Å²) in [6.45, 7) is 0. The van der Waals surface area contributed by atoms with E-state index in [1.807, 2.05) is 0 Å². The normalized spacial score (nSPS) is 19.2. The Hall–Kier alpha value is 2.11. The SMILES string of the molecule is O.O.O.O.O.O.O.O1B2OB1O2.O1B2OB1O2.O1B2OB1O2.O1B2OB1O2.O1B2OB1O2.O1B2OB1O2.[OH-].[OH-].[OH-].[OH-].[Zn].[Zn].[Zn].[Zn]. The molecule has 45 heavy (non-hydrogen) atoms. The molecule has 18 heterocycles. The van der Waals surface area contributed by atoms with Gasteiger partial charge in [-0.15, -0.1) is 0 Å². The van der Waals surface area contributed by atoms with Gasteiger partial charge in [-0.25, -0.2) is 0 Å². The maximum atomic E-state index is 4.58. The van der Waals surface area contributed by atoms with Gasteiger partial charge < -0.3 is 143 Å². The number of hydrogen-bond donors (Lipinski definition) is 0. The molecule has 0 unspecified atom stereocenters. The van der Waals surface area contributed by atoms with Crippen molar-refractivity contribution in [2.45, 2.75) is 0 Å². The molecule has 0 aromatic heterocycles. The summed E-state index contributed by atoms with van der Waals surface area (Å²) in [5, 5.41) is 0. The molecular formula is H18B12O29Zn4-4. The first-order valence-corrected chi connectivity index (χ1v) is 8.49. The average Bonchev–Trinajstić information content (AvgIpc) is 1.70. The van der Waals surface area contributed by atoms with Crippen LogP contribution < -0.4 is 0 Å². The topological polar surface area (TPSA) is 507 Å². The van der Waals surface area contributed by atoms with Crippen molar-refractivity contribution in [1.82, 2.24) is 0 Å². The predicted molar refractivity (Wildman–Crippen MR) is 122 cm³/mol. The molecule has 0 aliphatic carbocycles. The second-order valence-electron chi connectivity index (χ2n) is 5.91. The van der Waals surface area contributed by atoms with Gasteiger partial charge in [-0.3, -0.25) is 0 Å². The van der Waals surface area contributed by atoms with Crippen molar-refractivity contribution >= 4 is 87.9 Å². The molecule has 29 nitrogen and oxygen atoms in total. The summed E-state index contributed by atoms with van der Waals surface area (Å²) < 4.78 is 82.5. The standard InChI is InChI=1S/6B2O3.11H2O.4Zn/c6*3-1-4-2(3)5-1;;;;;;;;;;;;;;;/h;;;;;;11*1H2;;;;/p-4. The number of rotatable bonds is 0. The van der Waals surface area contributed by atoms with E-state index in [0.717, 1.165) is 0 Å². The largest absolute Gasteiger partial charge is 0.870 e. The molecule has 18 N–H and O–H groups in total. The van der Waals surface area contributed by atoms with Gasteiger partial charge in [0.2, 0.25) is 0 Å². The first-order valence-electron chi connectivity index (χ1n) is 8.49. The third-order valence-corrected chi connectivity index (χ3v) is 4.00. The minimum Gasteiger partial charge on any atom is -0.870 e. The summed E-state index contributed by atoms with van der Waals surface area (Å²) in [5.74, 6) is 0. The third-order valence-electron chi connectivity index (χ3n) is 4.00. The fraction of sp³-hybridized carbons (Fsp3) is 0. The molecule has 0 aromatic rings. The summed E-state index contributed by atoms with van der Waals surface area (Å²) in [5.41, 5.74) is 0. The monoisotopic (exact) mass is 870 g/mol. The minimum absolute atomic E-state index is 0. The van der Waals surface area contributed by atoms with Crippen LogP contribution in [0.4, 0.5) is 0 Å². The van der Waals surface area contributed by atoms with E-state index in [-0.39, 0.29) is 226 Å². The molecule has 18 aliphatic rings. The van der Waals surface area contributed by atoms with Gasteiger partial charge in [0.25, 0.3) is 0 Å². The summed E-state index contributed by atoms with van der Waals surface area (Å²) >= 11 is 0. The summed E-state index contributed by atoms with van der Waals surface area (Å²) in [6.07, 6.45) is 0. The molecule has 0 radical (unpaired) electrons. The molecule has 18 rings (SSSR count). The van der Waals surface area contributed by atoms with E-state index < -0.39 is 0 Å². The van der Waals surface area contributed by atoms with Crippen LogP contribution in [0.3, 0.4) is 0 Å². The zero-order valence-electron chi connectivity index (χ0n) is 22.4. The Kier molecular flexibility index (Phi) is 45.7. The van der Waals surface area contributed by atoms with E-state index in [4.69, 9.17) is 0 Å². The fourth-order valence-electron chi connectivity index (χ4n) is 1.82. The third kappa shape index (κ3) is 16.3. The van der Waals surface area contributed by atoms with E-state index in [9.17, 15) is 0 Å². The molecule has 12 bridgehead atoms. The van der Waals surface area contributed by atoms with Gasteiger partial charge in [-0.2, -0.15) is 0 Å². The molecule has 18 aliphatic heterocycles. The van der Waals surface area contributed by atoms with Crippen molar-refractivity contribution in [3.63, 3.8) is 0 Å². The van der Waals surface area contributed by atoms with Crippen LogP contribution in [-0.4, -0.2) is 148 Å². The predicted octanol–water partition coefficient (Wildman–Crippen LogP) is -12.3. The molecule has 0 spiro atoms. The van der Waals surface area contributed by atoms with E-state index in [1.54, 1.807) is 0 Å². The van der Waals surface area contributed by atoms with E-state index in [0.29, 0.717) is 0 Å². The van der Waals surface area contributed by atoms with Gasteiger partial charge in [0.15, 0.2) is 0 Å². The zero-order chi connectivity index (χ0) is 19.7. The van der Waals surface area contributed by atoms with Gasteiger partial charge in [0, 0.05) is 77.9 Å². The van der Waals surface area contributed by atoms with Crippen molar-refractivity contribution in [3.8, 4) is 0 Å². The number of hydrogen-bond acceptors (Lipinski definition) is 22. The van der Waals surface area contributed by atoms with Crippen LogP contribution >= 0.6 is 0 Å². The maximum absolute atomic E-state index is 4.58. The van der Waals surface area contributed by atoms with Gasteiger partial charge in [-0.1, -0.05) is 0 Å². The Labute approximate surface area is 306 Å². The van der Waals surface area contributed by atoms with Crippen molar-refractivity contribution in [2.24, 2.45) is 0 Å². The average molecular weight is 873 g/mol. The van der Waals surface area contributed by atoms with Crippen LogP contribution in [0.15, 0.2) is 0 Å². The Morgan fingerprint density at radius 2 is 0.178 bits per heavy atom. The first-order chi connectivity index (χ1) is 14.7. The fourth-order valence-corrected chi connectivity index (χ4v) is 1.82. The summed E-state index contributed by atoms with van der Waals surface area (Å²) in [7, 11) is -3.50. The molecule has 0 saturated carbocycles. The van der Waals surface area contributed by atoms with Crippen molar-refractivity contribution in [2.75, 3.05) is 0 Å². The molecule has 45 heteroatoms. The van der Waals surface area contributed by atoms with Crippen molar-refractivity contribution < 1.29 is 220 Å². The van der Waals surface area contributed by atoms with Crippen LogP contribution in [0.5, 0.6) is 0 Å². The second kappa shape index (κ2) is 29.8. The Morgan fingerprint density at radius 3 is 0.178 bits per heavy atom. The molecule has 18 fully saturated rings. The summed E-state index contributed by atoms with van der Waals surface area (Å²) in [4.78, 5) is 0. The van der Waals surface area contributed by atoms with Crippen molar-refractivity contribution in [1.29, 1.82) is 0 Å². The van der Waals surface area contributed by atoms with Crippen LogP contribution in [-0.2, 0) is 160 Å². The summed E-state index contributed by atoms with van der Waals surface area (Å²) in [6, 6.07) is 0. The van der Waals surface area contributed by atoms with Gasteiger partial charge in [0.05, 0.1) is 0 Å². The second-order valence-corrected chi connectivity index (χ2v) is 5.91. The van der Waals surface area contributed by atoms with E-state index in [1.165, 1.54) is 0 Å². The van der Waals surface area contributed by atoms with Crippen LogP contribution in [0, 0.1) is 0 Å². The van der Waals surface area contributed by atoms with Crippen LogP contribution in [0.2, 0.25) is 0 Å². The van der Waals surface area contributed by atoms with Gasteiger partial charge in [-0.05, 0) is 0 Å². The van der Waals surface area contributed by atoms with Gasteiger partial charge >= 0.3 is 87.9 Å². The Bertz CT molecular complexity index is 416. The van der Waals surface area contributed by atoms with E-state index >= 15 is 0 Å². The van der Waals surface area contributed by atoms with Crippen LogP contribution in [0.25, 0.3) is 0 Å². The zero-order valence-corrected chi connectivity index (χ0v) is 34.3. The molecule has 18 saturated heterocycles. The Morgan fingerprint density at radius 1 is 0.156 bits per heavy atom. The molecule has 0 amide bonds. The molecule has 240 valence electrons. The van der Waals surface area contributed by atoms with Crippen LogP contribution in [0.1, 0.15) is 0 Å². The van der Waals surface area contributed by atoms with Crippen molar-refractivity contribution in [3.05, 3.63) is 0 Å². The smallest absolute Gasteiger partial charge is 0.603 e. The quantitative estimate of drug-likeness (QED) is 0.204. The van der Waals surface area contributed by atoms with E-state index in [2.05, 4.69) is 82.3 Å².